The van der Waals surface area contributed by atoms with Crippen LogP contribution >= 0.6 is 0 Å². The molecule has 1 N–H and O–H groups in total. The van der Waals surface area contributed by atoms with E-state index >= 15 is 0 Å². The number of rotatable bonds is 7. The minimum atomic E-state index is -0.337. The highest BCUT2D eigenvalue weighted by molar-refractivity contribution is 6.54. The molecule has 0 spiro atoms. The number of fused-ring (bicyclic) bond motifs is 2. The van der Waals surface area contributed by atoms with Crippen molar-refractivity contribution in [3.05, 3.63) is 53.6 Å². The zero-order valence-corrected chi connectivity index (χ0v) is 16.0. The number of benzene rings is 2. The summed E-state index contributed by atoms with van der Waals surface area (Å²) in [6.45, 7) is 2.85. The first-order valence-corrected chi connectivity index (χ1v) is 9.44. The van der Waals surface area contributed by atoms with Gasteiger partial charge in [-0.2, -0.15) is 0 Å². The molecule has 29 heavy (non-hydrogen) atoms. The summed E-state index contributed by atoms with van der Waals surface area (Å²) in [6, 6.07) is 12.9. The number of para-hydroxylation sites is 1. The van der Waals surface area contributed by atoms with Crippen LogP contribution in [0.1, 0.15) is 24.5 Å². The molecule has 8 nitrogen and oxygen atoms in total. The van der Waals surface area contributed by atoms with Crippen molar-refractivity contribution in [2.45, 2.75) is 19.9 Å². The van der Waals surface area contributed by atoms with Gasteiger partial charge < -0.3 is 24.5 Å². The van der Waals surface area contributed by atoms with Crippen LogP contribution in [-0.2, 0) is 21.0 Å². The summed E-state index contributed by atoms with van der Waals surface area (Å²) in [7, 11) is 0. The minimum absolute atomic E-state index is 0.205. The van der Waals surface area contributed by atoms with Crippen LogP contribution in [0.15, 0.2) is 47.6 Å². The highest BCUT2D eigenvalue weighted by Gasteiger charge is 2.33. The fraction of sp³-hybridized carbons (Fsp3) is 0.286. The van der Waals surface area contributed by atoms with Gasteiger partial charge in [0, 0.05) is 18.7 Å². The summed E-state index contributed by atoms with van der Waals surface area (Å²) in [5.74, 6) is 0.803. The van der Waals surface area contributed by atoms with Crippen LogP contribution in [0.3, 0.4) is 0 Å². The van der Waals surface area contributed by atoms with Gasteiger partial charge in [-0.1, -0.05) is 36.3 Å². The van der Waals surface area contributed by atoms with Gasteiger partial charge in [0.25, 0.3) is 11.8 Å². The van der Waals surface area contributed by atoms with Crippen LogP contribution in [0.25, 0.3) is 0 Å². The van der Waals surface area contributed by atoms with Crippen molar-refractivity contribution in [2.75, 3.05) is 24.8 Å². The Labute approximate surface area is 168 Å². The molecule has 2 heterocycles. The second kappa shape index (κ2) is 8.22. The molecule has 0 unspecified atom stereocenters. The first kappa shape index (κ1) is 18.8. The summed E-state index contributed by atoms with van der Waals surface area (Å²) in [5.41, 5.74) is 2.63. The molecular formula is C21H21N3O5. The lowest BCUT2D eigenvalue weighted by Crippen LogP contribution is -2.31. The number of amides is 2. The summed E-state index contributed by atoms with van der Waals surface area (Å²) >= 11 is 0. The second-order valence-electron chi connectivity index (χ2n) is 6.65. The molecule has 2 aliphatic heterocycles. The number of nitrogens with one attached hydrogen (secondary N) is 1. The zero-order valence-electron chi connectivity index (χ0n) is 16.0. The number of carbonyl (C=O) groups is 2. The maximum atomic E-state index is 12.6. The van der Waals surface area contributed by atoms with Gasteiger partial charge in [0.15, 0.2) is 23.8 Å². The first-order chi connectivity index (χ1) is 14.2. The Balaban J connectivity index is 1.34. The lowest BCUT2D eigenvalue weighted by atomic mass is 10.1. The van der Waals surface area contributed by atoms with Gasteiger partial charge in [-0.05, 0) is 30.2 Å². The molecule has 0 fully saturated rings. The Kier molecular flexibility index (Phi) is 5.33. The van der Waals surface area contributed by atoms with Crippen molar-refractivity contribution in [2.24, 2.45) is 5.16 Å². The fourth-order valence-corrected chi connectivity index (χ4v) is 3.25. The van der Waals surface area contributed by atoms with Crippen molar-refractivity contribution < 1.29 is 23.9 Å². The maximum Gasteiger partial charge on any atom is 0.281 e. The molecule has 0 saturated heterocycles. The van der Waals surface area contributed by atoms with Gasteiger partial charge in [-0.3, -0.25) is 9.59 Å². The maximum absolute atomic E-state index is 12.6. The van der Waals surface area contributed by atoms with E-state index in [2.05, 4.69) is 10.5 Å². The van der Waals surface area contributed by atoms with E-state index in [0.29, 0.717) is 30.2 Å². The summed E-state index contributed by atoms with van der Waals surface area (Å²) in [4.78, 5) is 31.5. The van der Waals surface area contributed by atoms with Gasteiger partial charge in [-0.25, -0.2) is 0 Å². The SMILES string of the molecule is CCCN1C(=O)/C(=N\OCC(=O)NCc2ccc3c(c2)OCO3)c2ccccc21. The number of hydrogen-bond acceptors (Lipinski definition) is 6. The smallest absolute Gasteiger partial charge is 0.281 e. The van der Waals surface area contributed by atoms with Crippen molar-refractivity contribution in [3.63, 3.8) is 0 Å². The Morgan fingerprint density at radius 1 is 1.21 bits per heavy atom. The van der Waals surface area contributed by atoms with Gasteiger partial charge in [0.2, 0.25) is 6.79 Å². The van der Waals surface area contributed by atoms with Gasteiger partial charge >= 0.3 is 0 Å². The quantitative estimate of drug-likeness (QED) is 0.726. The van der Waals surface area contributed by atoms with Crippen LogP contribution in [0.5, 0.6) is 11.5 Å². The summed E-state index contributed by atoms with van der Waals surface area (Å²) in [5, 5.41) is 6.70. The number of nitrogens with zero attached hydrogens (tertiary/aromatic N) is 2. The Morgan fingerprint density at radius 2 is 2.03 bits per heavy atom. The minimum Gasteiger partial charge on any atom is -0.454 e. The summed E-state index contributed by atoms with van der Waals surface area (Å²) < 4.78 is 10.6. The Hall–Kier alpha value is -3.55. The molecule has 0 atom stereocenters. The third kappa shape index (κ3) is 3.87. The first-order valence-electron chi connectivity index (χ1n) is 9.44. The third-order valence-corrected chi connectivity index (χ3v) is 4.62. The highest BCUT2D eigenvalue weighted by atomic mass is 16.7. The van der Waals surface area contributed by atoms with Crippen molar-refractivity contribution in [1.29, 1.82) is 0 Å². The molecule has 4 rings (SSSR count). The lowest BCUT2D eigenvalue weighted by Gasteiger charge is -2.14. The standard InChI is InChI=1S/C21H21N3O5/c1-2-9-24-16-6-4-3-5-15(16)20(21(24)26)23-29-12-19(25)22-11-14-7-8-17-18(10-14)28-13-27-17/h3-8,10H,2,9,11-13H2,1H3,(H,22,25)/b23-20-. The molecule has 150 valence electrons. The van der Waals surface area contributed by atoms with E-state index in [9.17, 15) is 9.59 Å². The molecule has 0 saturated carbocycles. The number of anilines is 1. The Bertz CT molecular complexity index is 973. The van der Waals surface area contributed by atoms with Crippen molar-refractivity contribution in [3.8, 4) is 11.5 Å². The van der Waals surface area contributed by atoms with E-state index in [4.69, 9.17) is 14.3 Å². The zero-order chi connectivity index (χ0) is 20.2. The van der Waals surface area contributed by atoms with E-state index in [1.165, 1.54) is 0 Å². The van der Waals surface area contributed by atoms with Crippen LogP contribution in [-0.4, -0.2) is 37.5 Å². The van der Waals surface area contributed by atoms with Gasteiger partial charge in [-0.15, -0.1) is 0 Å². The topological polar surface area (TPSA) is 89.5 Å². The predicted octanol–water partition coefficient (Wildman–Crippen LogP) is 2.21. The van der Waals surface area contributed by atoms with E-state index in [1.54, 1.807) is 11.0 Å². The number of oxime groups is 1. The normalized spacial score (nSPS) is 15.6. The predicted molar refractivity (Wildman–Crippen MR) is 106 cm³/mol. The summed E-state index contributed by atoms with van der Waals surface area (Å²) in [6.07, 6.45) is 0.830. The van der Waals surface area contributed by atoms with Crippen LogP contribution in [0, 0.1) is 0 Å². The van der Waals surface area contributed by atoms with Crippen LogP contribution < -0.4 is 19.7 Å². The molecule has 0 bridgehead atoms. The largest absolute Gasteiger partial charge is 0.454 e. The number of carbonyl (C=O) groups excluding carboxylic acids is 2. The van der Waals surface area contributed by atoms with E-state index in [0.717, 1.165) is 17.7 Å². The lowest BCUT2D eigenvalue weighted by molar-refractivity contribution is -0.126. The van der Waals surface area contributed by atoms with Crippen molar-refractivity contribution in [1.82, 2.24) is 5.32 Å². The van der Waals surface area contributed by atoms with Crippen LogP contribution in [0.2, 0.25) is 0 Å². The molecular weight excluding hydrogens is 374 g/mol. The van der Waals surface area contributed by atoms with Crippen molar-refractivity contribution >= 4 is 23.2 Å². The van der Waals surface area contributed by atoms with E-state index in [1.807, 2.05) is 43.3 Å². The number of ether oxygens (including phenoxy) is 2. The fourth-order valence-electron chi connectivity index (χ4n) is 3.25. The molecule has 0 aliphatic carbocycles. The molecule has 2 aromatic rings. The average molecular weight is 395 g/mol. The third-order valence-electron chi connectivity index (χ3n) is 4.62. The van der Waals surface area contributed by atoms with E-state index < -0.39 is 0 Å². The van der Waals surface area contributed by atoms with E-state index in [-0.39, 0.29) is 30.9 Å². The monoisotopic (exact) mass is 395 g/mol. The Morgan fingerprint density at radius 3 is 2.90 bits per heavy atom. The van der Waals surface area contributed by atoms with Crippen LogP contribution in [0.4, 0.5) is 5.69 Å². The molecule has 2 amide bonds. The molecule has 2 aromatic carbocycles. The number of hydrogen-bond donors (Lipinski definition) is 1. The second-order valence-corrected chi connectivity index (χ2v) is 6.65. The molecule has 0 aromatic heterocycles. The molecule has 2 aliphatic rings. The molecule has 8 heteroatoms. The highest BCUT2D eigenvalue weighted by Crippen LogP contribution is 2.32. The average Bonchev–Trinajstić information content (AvgIpc) is 3.30. The van der Waals surface area contributed by atoms with Gasteiger partial charge in [0.05, 0.1) is 5.69 Å². The molecule has 0 radical (unpaired) electrons. The van der Waals surface area contributed by atoms with Gasteiger partial charge in [0.1, 0.15) is 0 Å².